The quantitative estimate of drug-likeness (QED) is 0.376. The van der Waals surface area contributed by atoms with Crippen LogP contribution in [0.2, 0.25) is 0 Å². The lowest BCUT2D eigenvalue weighted by molar-refractivity contribution is -0.149. The molecule has 7 nitrogen and oxygen atoms in total. The van der Waals surface area contributed by atoms with E-state index in [4.69, 9.17) is 18.9 Å². The van der Waals surface area contributed by atoms with Gasteiger partial charge in [-0.25, -0.2) is 0 Å². The maximum absolute atomic E-state index is 12.0. The summed E-state index contributed by atoms with van der Waals surface area (Å²) in [6, 6.07) is 12.0. The summed E-state index contributed by atoms with van der Waals surface area (Å²) in [7, 11) is 1.67. The first-order valence-corrected chi connectivity index (χ1v) is 11.0. The van der Waals surface area contributed by atoms with Crippen molar-refractivity contribution in [2.45, 2.75) is 32.6 Å². The molecular formula is C24H33N3O4. The number of nitrogens with one attached hydrogen (secondary N) is 1. The molecule has 0 atom stereocenters. The fraction of sp³-hybridized carbons (Fsp3) is 0.500. The summed E-state index contributed by atoms with van der Waals surface area (Å²) in [6.07, 6.45) is 4.91. The summed E-state index contributed by atoms with van der Waals surface area (Å²) in [5.41, 5.74) is 1.24. The van der Waals surface area contributed by atoms with Gasteiger partial charge in [0.05, 0.1) is 25.9 Å². The average molecular weight is 428 g/mol. The van der Waals surface area contributed by atoms with Crippen LogP contribution in [0.4, 0.5) is 0 Å². The number of likely N-dealkylation sites (tertiary alicyclic amines) is 1. The normalized spacial score (nSPS) is 15.0. The third-order valence-electron chi connectivity index (χ3n) is 5.47. The average Bonchev–Trinajstić information content (AvgIpc) is 3.32. The molecule has 0 unspecified atom stereocenters. The van der Waals surface area contributed by atoms with E-state index in [1.807, 2.05) is 31.2 Å². The zero-order valence-corrected chi connectivity index (χ0v) is 18.5. The topological polar surface area (TPSA) is 76.3 Å². The van der Waals surface area contributed by atoms with Crippen LogP contribution in [0.1, 0.15) is 31.1 Å². The lowest BCUT2D eigenvalue weighted by Gasteiger charge is -2.33. The number of esters is 1. The zero-order chi connectivity index (χ0) is 21.9. The Morgan fingerprint density at radius 3 is 2.61 bits per heavy atom. The highest BCUT2D eigenvalue weighted by Gasteiger charge is 2.27. The summed E-state index contributed by atoms with van der Waals surface area (Å²) in [4.78, 5) is 19.1. The van der Waals surface area contributed by atoms with Crippen LogP contribution in [-0.4, -0.2) is 56.7 Å². The number of aliphatic imine (C=N–C) groups is 1. The first kappa shape index (κ1) is 22.7. The Hall–Kier alpha value is -2.96. The molecule has 1 saturated heterocycles. The number of carbonyl (C=O) groups excluding carboxylic acids is 1. The van der Waals surface area contributed by atoms with Gasteiger partial charge in [-0.1, -0.05) is 12.1 Å². The van der Waals surface area contributed by atoms with Gasteiger partial charge in [0.15, 0.2) is 5.96 Å². The second kappa shape index (κ2) is 12.0. The van der Waals surface area contributed by atoms with E-state index in [0.29, 0.717) is 13.2 Å². The number of benzene rings is 1. The van der Waals surface area contributed by atoms with E-state index in [1.54, 1.807) is 13.4 Å². The van der Waals surface area contributed by atoms with Crippen molar-refractivity contribution in [1.29, 1.82) is 0 Å². The van der Waals surface area contributed by atoms with Crippen molar-refractivity contribution in [2.75, 3.05) is 39.9 Å². The van der Waals surface area contributed by atoms with Crippen LogP contribution in [-0.2, 0) is 22.4 Å². The Kier molecular flexibility index (Phi) is 8.82. The molecule has 1 fully saturated rings. The predicted molar refractivity (Wildman–Crippen MR) is 120 cm³/mol. The predicted octanol–water partition coefficient (Wildman–Crippen LogP) is 3.29. The van der Waals surface area contributed by atoms with E-state index in [1.165, 1.54) is 5.56 Å². The van der Waals surface area contributed by atoms with Gasteiger partial charge < -0.3 is 24.1 Å². The van der Waals surface area contributed by atoms with Gasteiger partial charge in [0.1, 0.15) is 11.5 Å². The third-order valence-corrected chi connectivity index (χ3v) is 5.47. The zero-order valence-electron chi connectivity index (χ0n) is 18.5. The molecule has 0 bridgehead atoms. The molecule has 1 aliphatic rings. The van der Waals surface area contributed by atoms with Crippen LogP contribution < -0.4 is 10.1 Å². The number of nitrogens with zero attached hydrogens (tertiary/aromatic N) is 2. The minimum absolute atomic E-state index is 0.0140. The largest absolute Gasteiger partial charge is 0.497 e. The van der Waals surface area contributed by atoms with Crippen molar-refractivity contribution >= 4 is 11.9 Å². The molecule has 0 aliphatic carbocycles. The lowest BCUT2D eigenvalue weighted by atomic mass is 9.97. The van der Waals surface area contributed by atoms with Gasteiger partial charge in [0.25, 0.3) is 0 Å². The van der Waals surface area contributed by atoms with E-state index in [2.05, 4.69) is 22.3 Å². The SMILES string of the molecule is CCOC(=O)C1CCN(C(=NCCc2ccco2)NCCc2ccc(OC)cc2)CC1. The third kappa shape index (κ3) is 7.05. The molecule has 0 amide bonds. The first-order chi connectivity index (χ1) is 15.2. The minimum atomic E-state index is -0.0778. The molecule has 0 saturated carbocycles. The van der Waals surface area contributed by atoms with Crippen LogP contribution in [0.5, 0.6) is 5.75 Å². The van der Waals surface area contributed by atoms with Crippen molar-refractivity contribution < 1.29 is 18.7 Å². The van der Waals surface area contributed by atoms with Crippen molar-refractivity contribution in [1.82, 2.24) is 10.2 Å². The highest BCUT2D eigenvalue weighted by molar-refractivity contribution is 5.80. The summed E-state index contributed by atoms with van der Waals surface area (Å²) >= 11 is 0. The molecular weight excluding hydrogens is 394 g/mol. The Bertz CT molecular complexity index is 810. The number of carbonyl (C=O) groups is 1. The molecule has 7 heteroatoms. The number of hydrogen-bond acceptors (Lipinski definition) is 5. The van der Waals surface area contributed by atoms with Gasteiger partial charge in [-0.15, -0.1) is 0 Å². The Morgan fingerprint density at radius 2 is 1.97 bits per heavy atom. The van der Waals surface area contributed by atoms with Gasteiger partial charge in [-0.2, -0.15) is 0 Å². The van der Waals surface area contributed by atoms with Crippen LogP contribution in [0.3, 0.4) is 0 Å². The van der Waals surface area contributed by atoms with Crippen molar-refractivity contribution in [2.24, 2.45) is 10.9 Å². The van der Waals surface area contributed by atoms with E-state index >= 15 is 0 Å². The van der Waals surface area contributed by atoms with Gasteiger partial charge in [-0.3, -0.25) is 9.79 Å². The smallest absolute Gasteiger partial charge is 0.309 e. The van der Waals surface area contributed by atoms with E-state index in [9.17, 15) is 4.79 Å². The molecule has 2 aromatic rings. The van der Waals surface area contributed by atoms with Crippen molar-refractivity contribution in [3.8, 4) is 5.75 Å². The van der Waals surface area contributed by atoms with Crippen molar-refractivity contribution in [3.05, 3.63) is 54.0 Å². The van der Waals surface area contributed by atoms with E-state index in [0.717, 1.165) is 62.8 Å². The number of piperidine rings is 1. The number of guanidine groups is 1. The monoisotopic (exact) mass is 427 g/mol. The van der Waals surface area contributed by atoms with E-state index < -0.39 is 0 Å². The number of ether oxygens (including phenoxy) is 2. The lowest BCUT2D eigenvalue weighted by Crippen LogP contribution is -2.47. The van der Waals surface area contributed by atoms with E-state index in [-0.39, 0.29) is 11.9 Å². The maximum Gasteiger partial charge on any atom is 0.309 e. The molecule has 1 aromatic heterocycles. The van der Waals surface area contributed by atoms with Crippen LogP contribution in [0.15, 0.2) is 52.1 Å². The molecule has 168 valence electrons. The summed E-state index contributed by atoms with van der Waals surface area (Å²) < 4.78 is 15.8. The number of rotatable bonds is 9. The number of methoxy groups -OCH3 is 1. The molecule has 31 heavy (non-hydrogen) atoms. The molecule has 3 rings (SSSR count). The first-order valence-electron chi connectivity index (χ1n) is 11.0. The molecule has 2 heterocycles. The minimum Gasteiger partial charge on any atom is -0.497 e. The highest BCUT2D eigenvalue weighted by Crippen LogP contribution is 2.19. The summed E-state index contributed by atoms with van der Waals surface area (Å²) in [6.45, 7) is 5.30. The number of hydrogen-bond donors (Lipinski definition) is 1. The molecule has 0 spiro atoms. The second-order valence-corrected chi connectivity index (χ2v) is 7.57. The number of furan rings is 1. The van der Waals surface area contributed by atoms with Crippen LogP contribution in [0, 0.1) is 5.92 Å². The second-order valence-electron chi connectivity index (χ2n) is 7.57. The summed E-state index contributed by atoms with van der Waals surface area (Å²) in [5, 5.41) is 3.51. The standard InChI is InChI=1S/C24H33N3O4/c1-3-30-23(28)20-12-16-27(17-13-20)24(26-15-11-22-5-4-18-31-22)25-14-10-19-6-8-21(29-2)9-7-19/h4-9,18,20H,3,10-17H2,1-2H3,(H,25,26). The van der Waals surface area contributed by atoms with Crippen LogP contribution in [0.25, 0.3) is 0 Å². The van der Waals surface area contributed by atoms with Gasteiger partial charge in [0.2, 0.25) is 0 Å². The van der Waals surface area contributed by atoms with Gasteiger partial charge >= 0.3 is 5.97 Å². The van der Waals surface area contributed by atoms with Crippen molar-refractivity contribution in [3.63, 3.8) is 0 Å². The van der Waals surface area contributed by atoms with Crippen LogP contribution >= 0.6 is 0 Å². The Morgan fingerprint density at radius 1 is 1.19 bits per heavy atom. The fourth-order valence-corrected chi connectivity index (χ4v) is 3.69. The molecule has 1 N–H and O–H groups in total. The Balaban J connectivity index is 1.55. The highest BCUT2D eigenvalue weighted by atomic mass is 16.5. The molecule has 1 aliphatic heterocycles. The fourth-order valence-electron chi connectivity index (χ4n) is 3.69. The summed E-state index contributed by atoms with van der Waals surface area (Å²) in [5.74, 6) is 2.59. The molecule has 0 radical (unpaired) electrons. The van der Waals surface area contributed by atoms with Gasteiger partial charge in [0, 0.05) is 32.6 Å². The maximum atomic E-state index is 12.0. The molecule has 1 aromatic carbocycles. The Labute approximate surface area is 184 Å². The van der Waals surface area contributed by atoms with Gasteiger partial charge in [-0.05, 0) is 56.0 Å².